The lowest BCUT2D eigenvalue weighted by atomic mass is 10.0. The van der Waals surface area contributed by atoms with Crippen LogP contribution in [-0.4, -0.2) is 60.3 Å². The van der Waals surface area contributed by atoms with Gasteiger partial charge in [0.1, 0.15) is 0 Å². The smallest absolute Gasteiger partial charge is 0.191 e. The van der Waals surface area contributed by atoms with E-state index in [0.717, 1.165) is 38.2 Å². The molecule has 0 atom stereocenters. The van der Waals surface area contributed by atoms with Gasteiger partial charge in [-0.3, -0.25) is 4.99 Å². The molecule has 2 aliphatic rings. The quantitative estimate of drug-likeness (QED) is 0.516. The van der Waals surface area contributed by atoms with E-state index in [4.69, 9.17) is 0 Å². The van der Waals surface area contributed by atoms with Crippen LogP contribution in [0.3, 0.4) is 0 Å². The number of guanidine groups is 1. The van der Waals surface area contributed by atoms with Crippen molar-refractivity contribution < 1.29 is 5.11 Å². The number of nitrogens with zero attached hydrogens (tertiary/aromatic N) is 2. The van der Waals surface area contributed by atoms with E-state index < -0.39 is 5.60 Å². The van der Waals surface area contributed by atoms with Crippen molar-refractivity contribution in [1.82, 2.24) is 15.5 Å². The van der Waals surface area contributed by atoms with Crippen LogP contribution in [0.1, 0.15) is 58.8 Å². The molecule has 128 valence electrons. The van der Waals surface area contributed by atoms with E-state index in [-0.39, 0.29) is 0 Å². The van der Waals surface area contributed by atoms with Gasteiger partial charge in [-0.15, -0.1) is 0 Å². The Bertz CT molecular complexity index is 345. The largest absolute Gasteiger partial charge is 0.388 e. The van der Waals surface area contributed by atoms with E-state index in [0.29, 0.717) is 12.6 Å². The van der Waals surface area contributed by atoms with Gasteiger partial charge in [0.05, 0.1) is 12.1 Å². The molecule has 1 heterocycles. The molecular formula is C17H34N4O. The predicted octanol–water partition coefficient (Wildman–Crippen LogP) is 1.72. The highest BCUT2D eigenvalue weighted by Crippen LogP contribution is 2.29. The summed E-state index contributed by atoms with van der Waals surface area (Å²) >= 11 is 0. The third kappa shape index (κ3) is 5.43. The van der Waals surface area contributed by atoms with Gasteiger partial charge in [-0.05, 0) is 45.6 Å². The Hall–Kier alpha value is -0.810. The van der Waals surface area contributed by atoms with Crippen LogP contribution in [0.5, 0.6) is 0 Å². The molecule has 22 heavy (non-hydrogen) atoms. The van der Waals surface area contributed by atoms with Crippen molar-refractivity contribution in [3.05, 3.63) is 0 Å². The van der Waals surface area contributed by atoms with Gasteiger partial charge in [0.25, 0.3) is 0 Å². The molecule has 5 nitrogen and oxygen atoms in total. The average molecular weight is 310 g/mol. The Morgan fingerprint density at radius 2 is 1.91 bits per heavy atom. The molecule has 0 unspecified atom stereocenters. The van der Waals surface area contributed by atoms with Crippen LogP contribution in [0.15, 0.2) is 4.99 Å². The number of aliphatic hydroxyl groups is 1. The summed E-state index contributed by atoms with van der Waals surface area (Å²) in [5, 5.41) is 17.3. The monoisotopic (exact) mass is 310 g/mol. The molecule has 0 spiro atoms. The normalized spacial score (nSPS) is 23.7. The van der Waals surface area contributed by atoms with Crippen molar-refractivity contribution in [3.8, 4) is 0 Å². The van der Waals surface area contributed by atoms with Gasteiger partial charge in [-0.1, -0.05) is 19.8 Å². The van der Waals surface area contributed by atoms with Crippen molar-refractivity contribution in [1.29, 1.82) is 0 Å². The van der Waals surface area contributed by atoms with Gasteiger partial charge in [-0.25, -0.2) is 0 Å². The van der Waals surface area contributed by atoms with Crippen molar-refractivity contribution in [2.24, 2.45) is 4.99 Å². The number of nitrogens with one attached hydrogen (secondary N) is 2. The lowest BCUT2D eigenvalue weighted by Crippen LogP contribution is -2.49. The molecule has 1 aliphatic heterocycles. The molecule has 1 aliphatic carbocycles. The highest BCUT2D eigenvalue weighted by Gasteiger charge is 2.31. The Balaban J connectivity index is 1.81. The number of piperidine rings is 1. The minimum absolute atomic E-state index is 0.504. The minimum atomic E-state index is -0.563. The Morgan fingerprint density at radius 3 is 2.50 bits per heavy atom. The third-order valence-electron chi connectivity index (χ3n) is 4.88. The molecule has 2 rings (SSSR count). The first-order chi connectivity index (χ1) is 10.6. The summed E-state index contributed by atoms with van der Waals surface area (Å²) < 4.78 is 0. The van der Waals surface area contributed by atoms with Crippen LogP contribution in [0.25, 0.3) is 0 Å². The van der Waals surface area contributed by atoms with E-state index >= 15 is 0 Å². The van der Waals surface area contributed by atoms with Gasteiger partial charge < -0.3 is 20.6 Å². The van der Waals surface area contributed by atoms with Crippen LogP contribution in [0, 0.1) is 0 Å². The zero-order chi connectivity index (χ0) is 15.8. The van der Waals surface area contributed by atoms with Gasteiger partial charge in [0, 0.05) is 25.7 Å². The standard InChI is InChI=1S/C17H34N4O/c1-3-11-21-12-7-15(8-13-21)20-16(18-4-2)19-14-17(22)9-5-6-10-17/h15,22H,3-14H2,1-2H3,(H2,18,19,20). The maximum absolute atomic E-state index is 10.4. The molecule has 5 heteroatoms. The molecule has 0 bridgehead atoms. The van der Waals surface area contributed by atoms with E-state index in [1.54, 1.807) is 0 Å². The zero-order valence-corrected chi connectivity index (χ0v) is 14.4. The number of aliphatic imine (C=N–C) groups is 1. The predicted molar refractivity (Wildman–Crippen MR) is 92.3 cm³/mol. The zero-order valence-electron chi connectivity index (χ0n) is 14.4. The van der Waals surface area contributed by atoms with Crippen molar-refractivity contribution in [3.63, 3.8) is 0 Å². The summed E-state index contributed by atoms with van der Waals surface area (Å²) in [7, 11) is 0. The first kappa shape index (κ1) is 17.5. The van der Waals surface area contributed by atoms with Crippen molar-refractivity contribution >= 4 is 5.96 Å². The lowest BCUT2D eigenvalue weighted by molar-refractivity contribution is 0.0573. The van der Waals surface area contributed by atoms with Crippen LogP contribution in [0.4, 0.5) is 0 Å². The first-order valence-corrected chi connectivity index (χ1v) is 9.15. The summed E-state index contributed by atoms with van der Waals surface area (Å²) in [5.41, 5.74) is -0.563. The number of hydrogen-bond donors (Lipinski definition) is 3. The van der Waals surface area contributed by atoms with Gasteiger partial charge >= 0.3 is 0 Å². The molecule has 0 amide bonds. The fourth-order valence-corrected chi connectivity index (χ4v) is 3.55. The summed E-state index contributed by atoms with van der Waals surface area (Å²) in [6.07, 6.45) is 7.64. The first-order valence-electron chi connectivity index (χ1n) is 9.15. The Morgan fingerprint density at radius 1 is 1.23 bits per heavy atom. The van der Waals surface area contributed by atoms with Crippen LogP contribution in [0.2, 0.25) is 0 Å². The molecule has 0 aromatic heterocycles. The number of hydrogen-bond acceptors (Lipinski definition) is 3. The molecule has 0 radical (unpaired) electrons. The topological polar surface area (TPSA) is 59.9 Å². The molecule has 2 fully saturated rings. The van der Waals surface area contributed by atoms with E-state index in [1.807, 2.05) is 0 Å². The second-order valence-electron chi connectivity index (χ2n) is 6.89. The second-order valence-corrected chi connectivity index (χ2v) is 6.89. The maximum atomic E-state index is 10.4. The fourth-order valence-electron chi connectivity index (χ4n) is 3.55. The average Bonchev–Trinajstić information content (AvgIpc) is 2.95. The van der Waals surface area contributed by atoms with Gasteiger partial charge in [-0.2, -0.15) is 0 Å². The Kier molecular flexibility index (Phi) is 6.96. The van der Waals surface area contributed by atoms with Crippen molar-refractivity contribution in [2.75, 3.05) is 32.7 Å². The maximum Gasteiger partial charge on any atom is 0.191 e. The number of rotatable bonds is 6. The van der Waals surface area contributed by atoms with Gasteiger partial charge in [0.2, 0.25) is 0 Å². The van der Waals surface area contributed by atoms with Gasteiger partial charge in [0.15, 0.2) is 5.96 Å². The summed E-state index contributed by atoms with van der Waals surface area (Å²) in [5.74, 6) is 0.872. The molecule has 1 saturated carbocycles. The van der Waals surface area contributed by atoms with E-state index in [1.165, 1.54) is 38.9 Å². The Labute approximate surface area is 135 Å². The van der Waals surface area contributed by atoms with E-state index in [9.17, 15) is 5.11 Å². The third-order valence-corrected chi connectivity index (χ3v) is 4.88. The van der Waals surface area contributed by atoms with E-state index in [2.05, 4.69) is 34.4 Å². The SMILES string of the molecule is CCCN1CCC(NC(=NCC2(O)CCCC2)NCC)CC1. The molecule has 3 N–H and O–H groups in total. The molecule has 1 saturated heterocycles. The number of likely N-dealkylation sites (tertiary alicyclic amines) is 1. The summed E-state index contributed by atoms with van der Waals surface area (Å²) in [6.45, 7) is 9.28. The van der Waals surface area contributed by atoms with Crippen molar-refractivity contribution in [2.45, 2.75) is 70.4 Å². The summed E-state index contributed by atoms with van der Waals surface area (Å²) in [6, 6.07) is 0.504. The van der Waals surface area contributed by atoms with Crippen LogP contribution < -0.4 is 10.6 Å². The molecule has 0 aromatic carbocycles. The lowest BCUT2D eigenvalue weighted by Gasteiger charge is -2.33. The fraction of sp³-hybridized carbons (Fsp3) is 0.941. The van der Waals surface area contributed by atoms with Crippen LogP contribution in [-0.2, 0) is 0 Å². The summed E-state index contributed by atoms with van der Waals surface area (Å²) in [4.78, 5) is 7.19. The second kappa shape index (κ2) is 8.73. The molecule has 0 aromatic rings. The molecular weight excluding hydrogens is 276 g/mol. The highest BCUT2D eigenvalue weighted by molar-refractivity contribution is 5.80. The minimum Gasteiger partial charge on any atom is -0.388 e. The van der Waals surface area contributed by atoms with Crippen LogP contribution >= 0.6 is 0 Å². The highest BCUT2D eigenvalue weighted by atomic mass is 16.3.